The topological polar surface area (TPSA) is 29.5 Å². The highest BCUT2D eigenvalue weighted by Gasteiger charge is 2.25. The molecule has 3 nitrogen and oxygen atoms in total. The zero-order chi connectivity index (χ0) is 15.1. The Morgan fingerprint density at radius 1 is 1.29 bits per heavy atom. The molecule has 0 saturated heterocycles. The lowest BCUT2D eigenvalue weighted by molar-refractivity contribution is -0.150. The number of esters is 1. The largest absolute Gasteiger partial charge is 0.461 e. The Labute approximate surface area is 128 Å². The fourth-order valence-electron chi connectivity index (χ4n) is 3.10. The molecule has 1 atom stereocenters. The van der Waals surface area contributed by atoms with Crippen molar-refractivity contribution in [1.29, 1.82) is 0 Å². The highest BCUT2D eigenvalue weighted by Crippen LogP contribution is 2.24. The minimum absolute atomic E-state index is 0.0609. The Bertz CT molecular complexity index is 426. The van der Waals surface area contributed by atoms with E-state index in [1.165, 1.54) is 25.7 Å². The van der Waals surface area contributed by atoms with Crippen LogP contribution >= 0.6 is 0 Å². The Morgan fingerprint density at radius 3 is 2.57 bits per heavy atom. The van der Waals surface area contributed by atoms with Crippen molar-refractivity contribution in [2.45, 2.75) is 52.2 Å². The van der Waals surface area contributed by atoms with Gasteiger partial charge in [-0.2, -0.15) is 0 Å². The summed E-state index contributed by atoms with van der Waals surface area (Å²) in [5.41, 5.74) is 1.04. The third-order valence-corrected chi connectivity index (χ3v) is 4.38. The van der Waals surface area contributed by atoms with Crippen molar-refractivity contribution in [3.63, 3.8) is 0 Å². The molecule has 3 heteroatoms. The van der Waals surface area contributed by atoms with Crippen molar-refractivity contribution in [3.05, 3.63) is 35.9 Å². The summed E-state index contributed by atoms with van der Waals surface area (Å²) in [6, 6.07) is 10.5. The average Bonchev–Trinajstić information content (AvgIpc) is 3.05. The summed E-state index contributed by atoms with van der Waals surface area (Å²) in [7, 11) is 0. The molecule has 1 aromatic rings. The number of carbonyl (C=O) groups excluding carboxylic acids is 1. The van der Waals surface area contributed by atoms with E-state index in [-0.39, 0.29) is 11.9 Å². The Morgan fingerprint density at radius 2 is 1.95 bits per heavy atom. The SMILES string of the molecule is CCN(CC(C)C(=O)OCc1ccccc1)C1CCCC1. The Hall–Kier alpha value is -1.35. The first-order chi connectivity index (χ1) is 10.2. The number of hydrogen-bond donors (Lipinski definition) is 0. The van der Waals surface area contributed by atoms with E-state index in [2.05, 4.69) is 11.8 Å². The Balaban J connectivity index is 1.78. The lowest BCUT2D eigenvalue weighted by atomic mass is 10.1. The number of ether oxygens (including phenoxy) is 1. The molecule has 1 fully saturated rings. The normalized spacial score (nSPS) is 17.1. The first-order valence-electron chi connectivity index (χ1n) is 8.15. The van der Waals surface area contributed by atoms with Crippen LogP contribution in [0.5, 0.6) is 0 Å². The summed E-state index contributed by atoms with van der Waals surface area (Å²) in [4.78, 5) is 14.6. The summed E-state index contributed by atoms with van der Waals surface area (Å²) in [6.07, 6.45) is 5.21. The zero-order valence-corrected chi connectivity index (χ0v) is 13.3. The predicted octanol–water partition coefficient (Wildman–Crippen LogP) is 3.63. The molecule has 1 aliphatic carbocycles. The van der Waals surface area contributed by atoms with Gasteiger partial charge in [-0.3, -0.25) is 9.69 Å². The second-order valence-electron chi connectivity index (χ2n) is 6.02. The minimum atomic E-state index is -0.0877. The maximum atomic E-state index is 12.1. The maximum absolute atomic E-state index is 12.1. The molecule has 1 unspecified atom stereocenters. The molecule has 116 valence electrons. The second kappa shape index (κ2) is 8.18. The van der Waals surface area contributed by atoms with Crippen LogP contribution in [0, 0.1) is 5.92 Å². The predicted molar refractivity (Wildman–Crippen MR) is 84.9 cm³/mol. The molecular weight excluding hydrogens is 262 g/mol. The van der Waals surface area contributed by atoms with Gasteiger partial charge in [0.05, 0.1) is 5.92 Å². The first kappa shape index (κ1) is 16.0. The molecule has 1 aliphatic rings. The van der Waals surface area contributed by atoms with Gasteiger partial charge in [-0.25, -0.2) is 0 Å². The molecule has 21 heavy (non-hydrogen) atoms. The van der Waals surface area contributed by atoms with E-state index in [1.54, 1.807) is 0 Å². The second-order valence-corrected chi connectivity index (χ2v) is 6.02. The van der Waals surface area contributed by atoms with Gasteiger partial charge in [0, 0.05) is 12.6 Å². The van der Waals surface area contributed by atoms with Gasteiger partial charge in [-0.05, 0) is 24.9 Å². The molecular formula is C18H27NO2. The van der Waals surface area contributed by atoms with Crippen molar-refractivity contribution in [1.82, 2.24) is 4.90 Å². The fourth-order valence-corrected chi connectivity index (χ4v) is 3.10. The van der Waals surface area contributed by atoms with Gasteiger partial charge in [0.2, 0.25) is 0 Å². The van der Waals surface area contributed by atoms with E-state index in [0.717, 1.165) is 18.7 Å². The van der Waals surface area contributed by atoms with Gasteiger partial charge in [-0.15, -0.1) is 0 Å². The molecule has 0 N–H and O–H groups in total. The molecule has 0 spiro atoms. The van der Waals surface area contributed by atoms with Gasteiger partial charge in [0.1, 0.15) is 6.61 Å². The summed E-state index contributed by atoms with van der Waals surface area (Å²) < 4.78 is 5.43. The van der Waals surface area contributed by atoms with Crippen LogP contribution in [-0.2, 0) is 16.1 Å². The van der Waals surface area contributed by atoms with Crippen molar-refractivity contribution >= 4 is 5.97 Å². The van der Waals surface area contributed by atoms with Crippen LogP contribution in [-0.4, -0.2) is 30.0 Å². The summed E-state index contributed by atoms with van der Waals surface area (Å²) in [5, 5.41) is 0. The molecule has 1 saturated carbocycles. The van der Waals surface area contributed by atoms with E-state index in [4.69, 9.17) is 4.74 Å². The molecule has 1 aromatic carbocycles. The van der Waals surface area contributed by atoms with Crippen LogP contribution in [0.3, 0.4) is 0 Å². The molecule has 0 heterocycles. The zero-order valence-electron chi connectivity index (χ0n) is 13.3. The van der Waals surface area contributed by atoms with Crippen LogP contribution in [0.25, 0.3) is 0 Å². The number of carbonyl (C=O) groups is 1. The third-order valence-electron chi connectivity index (χ3n) is 4.38. The molecule has 0 radical (unpaired) electrons. The monoisotopic (exact) mass is 289 g/mol. The lowest BCUT2D eigenvalue weighted by Crippen LogP contribution is -2.38. The number of nitrogens with zero attached hydrogens (tertiary/aromatic N) is 1. The van der Waals surface area contributed by atoms with Crippen molar-refractivity contribution in [3.8, 4) is 0 Å². The van der Waals surface area contributed by atoms with Crippen LogP contribution in [0.2, 0.25) is 0 Å². The Kier molecular flexibility index (Phi) is 6.24. The lowest BCUT2D eigenvalue weighted by Gasteiger charge is -2.29. The van der Waals surface area contributed by atoms with Gasteiger partial charge in [-0.1, -0.05) is 57.0 Å². The number of rotatable bonds is 7. The van der Waals surface area contributed by atoms with E-state index in [9.17, 15) is 4.79 Å². The average molecular weight is 289 g/mol. The quantitative estimate of drug-likeness (QED) is 0.718. The molecule has 2 rings (SSSR count). The standard InChI is InChI=1S/C18H27NO2/c1-3-19(17-11-7-8-12-17)13-15(2)18(20)21-14-16-9-5-4-6-10-16/h4-6,9-10,15,17H,3,7-8,11-14H2,1-2H3. The van der Waals surface area contributed by atoms with E-state index < -0.39 is 0 Å². The highest BCUT2D eigenvalue weighted by molar-refractivity contribution is 5.72. The fraction of sp³-hybridized carbons (Fsp3) is 0.611. The highest BCUT2D eigenvalue weighted by atomic mass is 16.5. The third kappa shape index (κ3) is 4.85. The number of hydrogen-bond acceptors (Lipinski definition) is 3. The minimum Gasteiger partial charge on any atom is -0.461 e. The van der Waals surface area contributed by atoms with Crippen molar-refractivity contribution < 1.29 is 9.53 Å². The summed E-state index contributed by atoms with van der Waals surface area (Å²) >= 11 is 0. The molecule has 0 amide bonds. The summed E-state index contributed by atoms with van der Waals surface area (Å²) in [5.74, 6) is -0.149. The van der Waals surface area contributed by atoms with Crippen LogP contribution < -0.4 is 0 Å². The molecule has 0 bridgehead atoms. The maximum Gasteiger partial charge on any atom is 0.310 e. The van der Waals surface area contributed by atoms with Crippen LogP contribution in [0.4, 0.5) is 0 Å². The van der Waals surface area contributed by atoms with Crippen LogP contribution in [0.1, 0.15) is 45.1 Å². The number of benzene rings is 1. The van der Waals surface area contributed by atoms with E-state index in [0.29, 0.717) is 12.6 Å². The van der Waals surface area contributed by atoms with Crippen LogP contribution in [0.15, 0.2) is 30.3 Å². The first-order valence-corrected chi connectivity index (χ1v) is 8.15. The van der Waals surface area contributed by atoms with Gasteiger partial charge >= 0.3 is 5.97 Å². The van der Waals surface area contributed by atoms with E-state index in [1.807, 2.05) is 37.3 Å². The van der Waals surface area contributed by atoms with Gasteiger partial charge in [0.15, 0.2) is 0 Å². The van der Waals surface area contributed by atoms with Crippen molar-refractivity contribution in [2.24, 2.45) is 5.92 Å². The molecule has 0 aromatic heterocycles. The van der Waals surface area contributed by atoms with Gasteiger partial charge in [0.25, 0.3) is 0 Å². The molecule has 0 aliphatic heterocycles. The van der Waals surface area contributed by atoms with Gasteiger partial charge < -0.3 is 4.74 Å². The van der Waals surface area contributed by atoms with E-state index >= 15 is 0 Å². The smallest absolute Gasteiger partial charge is 0.310 e. The van der Waals surface area contributed by atoms with Crippen molar-refractivity contribution in [2.75, 3.05) is 13.1 Å². The summed E-state index contributed by atoms with van der Waals surface area (Å²) in [6.45, 7) is 6.36.